The number of hydrogen-bond acceptors (Lipinski definition) is 6. The number of rotatable bonds is 5. The number of benzene rings is 1. The molecule has 2 saturated carbocycles. The van der Waals surface area contributed by atoms with Gasteiger partial charge in [0.15, 0.2) is 5.13 Å². The van der Waals surface area contributed by atoms with Crippen molar-refractivity contribution in [1.29, 1.82) is 0 Å². The van der Waals surface area contributed by atoms with Crippen LogP contribution in [0.25, 0.3) is 0 Å². The Balaban J connectivity index is 1.42. The number of thiazole rings is 1. The first kappa shape index (κ1) is 26.2. The summed E-state index contributed by atoms with van der Waals surface area (Å²) in [5.41, 5.74) is 4.87. The number of phenolic OH excluding ortho intramolecular Hbond substituents is 1. The Kier molecular flexibility index (Phi) is 6.88. The number of anilines is 1. The average Bonchev–Trinajstić information content (AvgIpc) is 3.36. The second kappa shape index (κ2) is 9.72. The van der Waals surface area contributed by atoms with Gasteiger partial charge in [-0.15, -0.1) is 11.3 Å². The first-order chi connectivity index (χ1) is 17.5. The molecule has 200 valence electrons. The van der Waals surface area contributed by atoms with Crippen LogP contribution in [0.5, 0.6) is 5.75 Å². The van der Waals surface area contributed by atoms with Crippen molar-refractivity contribution in [1.82, 2.24) is 4.98 Å². The van der Waals surface area contributed by atoms with E-state index in [2.05, 4.69) is 49.2 Å². The second-order valence-corrected chi connectivity index (χ2v) is 13.9. The summed E-state index contributed by atoms with van der Waals surface area (Å²) in [6.45, 7) is 10.9. The van der Waals surface area contributed by atoms with Crippen molar-refractivity contribution in [3.8, 4) is 5.75 Å². The number of carbonyl (C=O) groups excluding carboxylic acids is 1. The van der Waals surface area contributed by atoms with Crippen LogP contribution in [0, 0.1) is 30.1 Å². The average molecular weight is 524 g/mol. The fourth-order valence-electron chi connectivity index (χ4n) is 7.72. The van der Waals surface area contributed by atoms with Gasteiger partial charge in [-0.1, -0.05) is 38.9 Å². The highest BCUT2D eigenvalue weighted by molar-refractivity contribution is 7.15. The van der Waals surface area contributed by atoms with Crippen LogP contribution in [0.15, 0.2) is 23.5 Å². The fourth-order valence-corrected chi connectivity index (χ4v) is 8.40. The van der Waals surface area contributed by atoms with Crippen molar-refractivity contribution in [3.63, 3.8) is 0 Å². The molecule has 3 aliphatic rings. The van der Waals surface area contributed by atoms with Gasteiger partial charge in [-0.3, -0.25) is 4.79 Å². The third-order valence-corrected chi connectivity index (χ3v) is 10.2. The zero-order valence-corrected chi connectivity index (χ0v) is 23.9. The molecule has 1 amide bonds. The van der Waals surface area contributed by atoms with E-state index in [0.717, 1.165) is 49.0 Å². The SMILES string of the molecule is CO/N=C1\CC(CCC(=O)Nc2ncc(C)s2)C2C3CCc4cc(O)c(C(C)(C)C)cc4C3CCC12C. The van der Waals surface area contributed by atoms with Crippen molar-refractivity contribution in [2.75, 3.05) is 12.4 Å². The first-order valence-corrected chi connectivity index (χ1v) is 14.5. The summed E-state index contributed by atoms with van der Waals surface area (Å²) in [7, 11) is 1.64. The zero-order chi connectivity index (χ0) is 26.5. The highest BCUT2D eigenvalue weighted by atomic mass is 32.1. The lowest BCUT2D eigenvalue weighted by atomic mass is 9.53. The number of aryl methyl sites for hydroxylation is 2. The molecule has 0 bridgehead atoms. The molecule has 0 spiro atoms. The second-order valence-electron chi connectivity index (χ2n) is 12.7. The fraction of sp³-hybridized carbons (Fsp3) is 0.633. The van der Waals surface area contributed by atoms with E-state index < -0.39 is 0 Å². The predicted octanol–water partition coefficient (Wildman–Crippen LogP) is 6.96. The number of aromatic hydroxyl groups is 1. The molecular weight excluding hydrogens is 482 g/mol. The maximum absolute atomic E-state index is 12.8. The minimum absolute atomic E-state index is 0.00597. The van der Waals surface area contributed by atoms with Gasteiger partial charge in [0.25, 0.3) is 0 Å². The number of phenols is 1. The number of carbonyl (C=O) groups is 1. The summed E-state index contributed by atoms with van der Waals surface area (Å²) >= 11 is 1.51. The highest BCUT2D eigenvalue weighted by Gasteiger charge is 2.57. The molecule has 6 nitrogen and oxygen atoms in total. The van der Waals surface area contributed by atoms with Crippen molar-refractivity contribution in [3.05, 3.63) is 39.9 Å². The quantitative estimate of drug-likeness (QED) is 0.415. The van der Waals surface area contributed by atoms with Gasteiger partial charge in [0.05, 0.1) is 5.71 Å². The maximum atomic E-state index is 12.8. The van der Waals surface area contributed by atoms with E-state index in [9.17, 15) is 9.90 Å². The molecule has 1 aromatic carbocycles. The van der Waals surface area contributed by atoms with Crippen LogP contribution < -0.4 is 5.32 Å². The highest BCUT2D eigenvalue weighted by Crippen LogP contribution is 2.63. The lowest BCUT2D eigenvalue weighted by Crippen LogP contribution is -2.44. The molecular formula is C30H41N3O3S. The van der Waals surface area contributed by atoms with Gasteiger partial charge >= 0.3 is 0 Å². The molecule has 5 unspecified atom stereocenters. The largest absolute Gasteiger partial charge is 0.508 e. The Labute approximate surface area is 224 Å². The first-order valence-electron chi connectivity index (χ1n) is 13.7. The van der Waals surface area contributed by atoms with E-state index in [-0.39, 0.29) is 16.7 Å². The van der Waals surface area contributed by atoms with Crippen molar-refractivity contribution in [2.45, 2.75) is 90.9 Å². The van der Waals surface area contributed by atoms with Gasteiger partial charge in [-0.2, -0.15) is 0 Å². The standard InChI is InChI=1S/C30H41N3O3S/c1-17-16-31-28(37-17)32-26(35)10-8-19-14-25(33-36-6)30(5)12-11-20-21(27(19)30)9-7-18-13-24(34)23(15-22(18)20)29(2,3)4/h13,15-16,19-21,27,34H,7-12,14H2,1-6H3,(H,31,32,35)/b33-25+. The maximum Gasteiger partial charge on any atom is 0.226 e. The van der Waals surface area contributed by atoms with Crippen molar-refractivity contribution in [2.24, 2.45) is 28.3 Å². The molecule has 2 N–H and O–H groups in total. The number of nitrogens with zero attached hydrogens (tertiary/aromatic N) is 2. The van der Waals surface area contributed by atoms with Crippen LogP contribution in [0.3, 0.4) is 0 Å². The molecule has 5 rings (SSSR count). The van der Waals surface area contributed by atoms with Gasteiger partial charge in [-0.25, -0.2) is 4.98 Å². The molecule has 0 radical (unpaired) electrons. The third-order valence-electron chi connectivity index (χ3n) is 9.33. The summed E-state index contributed by atoms with van der Waals surface area (Å²) in [6, 6.07) is 4.34. The Morgan fingerprint density at radius 1 is 1.32 bits per heavy atom. The summed E-state index contributed by atoms with van der Waals surface area (Å²) in [5.74, 6) is 2.37. The van der Waals surface area contributed by atoms with Gasteiger partial charge in [0, 0.05) is 22.9 Å². The normalized spacial score (nSPS) is 29.9. The van der Waals surface area contributed by atoms with Gasteiger partial charge in [-0.05, 0) is 97.3 Å². The third kappa shape index (κ3) is 4.80. The van der Waals surface area contributed by atoms with E-state index in [1.54, 1.807) is 13.3 Å². The molecule has 1 heterocycles. The van der Waals surface area contributed by atoms with Crippen LogP contribution >= 0.6 is 11.3 Å². The number of oxime groups is 1. The van der Waals surface area contributed by atoms with Gasteiger partial charge in [0.2, 0.25) is 5.91 Å². The molecule has 1 aromatic heterocycles. The van der Waals surface area contributed by atoms with E-state index in [4.69, 9.17) is 4.84 Å². The summed E-state index contributed by atoms with van der Waals surface area (Å²) in [4.78, 5) is 23.5. The zero-order valence-electron chi connectivity index (χ0n) is 23.1. The van der Waals surface area contributed by atoms with E-state index in [1.807, 2.05) is 13.0 Å². The number of hydrogen-bond donors (Lipinski definition) is 2. The summed E-state index contributed by atoms with van der Waals surface area (Å²) < 4.78 is 0. The number of fused-ring (bicyclic) bond motifs is 5. The molecule has 7 heteroatoms. The Morgan fingerprint density at radius 3 is 2.78 bits per heavy atom. The van der Waals surface area contributed by atoms with Crippen molar-refractivity contribution >= 4 is 28.1 Å². The molecule has 0 aliphatic heterocycles. The number of nitrogens with one attached hydrogen (secondary N) is 1. The monoisotopic (exact) mass is 523 g/mol. The Bertz CT molecular complexity index is 1210. The molecule has 2 fully saturated rings. The van der Waals surface area contributed by atoms with E-state index in [1.165, 1.54) is 28.2 Å². The molecule has 5 atom stereocenters. The molecule has 2 aromatic rings. The van der Waals surface area contributed by atoms with Gasteiger partial charge < -0.3 is 15.3 Å². The molecule has 3 aliphatic carbocycles. The minimum Gasteiger partial charge on any atom is -0.508 e. The molecule has 37 heavy (non-hydrogen) atoms. The van der Waals surface area contributed by atoms with E-state index in [0.29, 0.717) is 41.0 Å². The lowest BCUT2D eigenvalue weighted by molar-refractivity contribution is -0.116. The van der Waals surface area contributed by atoms with E-state index >= 15 is 0 Å². The minimum atomic E-state index is -0.104. The van der Waals surface area contributed by atoms with Crippen LogP contribution in [0.2, 0.25) is 0 Å². The number of amides is 1. The smallest absolute Gasteiger partial charge is 0.226 e. The van der Waals surface area contributed by atoms with Crippen LogP contribution in [0.4, 0.5) is 5.13 Å². The topological polar surface area (TPSA) is 83.8 Å². The molecule has 0 saturated heterocycles. The van der Waals surface area contributed by atoms with Crippen LogP contribution in [-0.4, -0.2) is 28.8 Å². The van der Waals surface area contributed by atoms with Crippen LogP contribution in [0.1, 0.15) is 93.7 Å². The van der Waals surface area contributed by atoms with Gasteiger partial charge in [0.1, 0.15) is 12.9 Å². The number of aromatic nitrogens is 1. The predicted molar refractivity (Wildman–Crippen MR) is 149 cm³/mol. The lowest BCUT2D eigenvalue weighted by Gasteiger charge is -2.50. The van der Waals surface area contributed by atoms with Crippen molar-refractivity contribution < 1.29 is 14.7 Å². The Hall–Kier alpha value is -2.41. The Morgan fingerprint density at radius 2 is 2.11 bits per heavy atom. The van der Waals surface area contributed by atoms with Crippen LogP contribution in [-0.2, 0) is 21.5 Å². The summed E-state index contributed by atoms with van der Waals surface area (Å²) in [6.07, 6.45) is 8.35. The summed E-state index contributed by atoms with van der Waals surface area (Å²) in [5, 5.41) is 19.0.